The van der Waals surface area contributed by atoms with Gasteiger partial charge in [0, 0.05) is 18.3 Å². The van der Waals surface area contributed by atoms with Crippen molar-refractivity contribution in [1.29, 1.82) is 0 Å². The van der Waals surface area contributed by atoms with Gasteiger partial charge in [-0.1, -0.05) is 214 Å². The Balaban J connectivity index is -0.0000101. The van der Waals surface area contributed by atoms with E-state index < -0.39 is 6.10 Å². The van der Waals surface area contributed by atoms with Gasteiger partial charge in [0.05, 0.1) is 0 Å². The zero-order chi connectivity index (χ0) is 34.0. The van der Waals surface area contributed by atoms with Crippen LogP contribution < -0.4 is 6.15 Å². The average Bonchev–Trinajstić information content (AvgIpc) is 3.02. The third kappa shape index (κ3) is 38.0. The van der Waals surface area contributed by atoms with E-state index in [9.17, 15) is 9.59 Å². The molecule has 0 spiro atoms. The first-order valence-electron chi connectivity index (χ1n) is 20.7. The van der Waals surface area contributed by atoms with Crippen LogP contribution in [0, 0.1) is 5.41 Å². The highest BCUT2D eigenvalue weighted by Gasteiger charge is 2.29. The largest absolute Gasteiger partial charge is 0.462 e. The van der Waals surface area contributed by atoms with Crippen LogP contribution in [0.5, 0.6) is 0 Å². The zero-order valence-electron chi connectivity index (χ0n) is 33.2. The molecule has 0 rings (SSSR count). The monoisotopic (exact) mass is 704 g/mol. The van der Waals surface area contributed by atoms with E-state index in [-0.39, 0.29) is 42.5 Å². The van der Waals surface area contributed by atoms with Gasteiger partial charge < -0.3 is 15.6 Å². The number of esters is 2. The van der Waals surface area contributed by atoms with Crippen LogP contribution in [0.1, 0.15) is 240 Å². The summed E-state index contributed by atoms with van der Waals surface area (Å²) in [6, 6.07) is 0. The van der Waals surface area contributed by atoms with Gasteiger partial charge in [-0.15, -0.1) is 12.4 Å². The van der Waals surface area contributed by atoms with Gasteiger partial charge in [-0.3, -0.25) is 9.59 Å². The van der Waals surface area contributed by atoms with Crippen molar-refractivity contribution in [2.24, 2.45) is 5.41 Å². The molecule has 0 aromatic heterocycles. The molecule has 0 aromatic carbocycles. The number of ether oxygens (including phenoxy) is 2. The van der Waals surface area contributed by atoms with E-state index in [1.165, 1.54) is 167 Å². The molecule has 290 valence electrons. The number of carbonyl (C=O) groups is 2. The molecule has 0 saturated heterocycles. The summed E-state index contributed by atoms with van der Waals surface area (Å²) in [5.41, 5.74) is -0.264. The van der Waals surface area contributed by atoms with Gasteiger partial charge in [-0.2, -0.15) is 0 Å². The van der Waals surface area contributed by atoms with Crippen LogP contribution in [0.25, 0.3) is 0 Å². The molecule has 1 unspecified atom stereocenters. The summed E-state index contributed by atoms with van der Waals surface area (Å²) in [5.74, 6) is -0.324. The molecule has 0 aromatic rings. The number of halogens is 1. The number of hydrogen-bond donors (Lipinski definition) is 1. The fourth-order valence-corrected chi connectivity index (χ4v) is 6.20. The Morgan fingerprint density at radius 3 is 0.958 bits per heavy atom. The van der Waals surface area contributed by atoms with Crippen molar-refractivity contribution in [2.75, 3.05) is 6.61 Å². The van der Waals surface area contributed by atoms with Crippen molar-refractivity contribution in [3.8, 4) is 0 Å². The molecule has 48 heavy (non-hydrogen) atoms. The molecule has 0 saturated carbocycles. The predicted octanol–water partition coefficient (Wildman–Crippen LogP) is 14.6. The quantitative estimate of drug-likeness (QED) is 0.0524. The number of carbonyl (C=O) groups excluding carboxylic acids is 2. The van der Waals surface area contributed by atoms with Crippen LogP contribution in [-0.4, -0.2) is 24.6 Å². The van der Waals surface area contributed by atoms with Gasteiger partial charge in [0.15, 0.2) is 0 Å². The molecular weight excluding hydrogens is 618 g/mol. The maximum atomic E-state index is 12.5. The first-order valence-corrected chi connectivity index (χ1v) is 20.7. The molecule has 1 atom stereocenters. The van der Waals surface area contributed by atoms with Gasteiger partial charge in [0.1, 0.15) is 12.7 Å². The van der Waals surface area contributed by atoms with Crippen LogP contribution >= 0.6 is 12.4 Å². The molecule has 0 radical (unpaired) electrons. The highest BCUT2D eigenvalue weighted by Crippen LogP contribution is 2.24. The van der Waals surface area contributed by atoms with Gasteiger partial charge >= 0.3 is 11.9 Å². The second kappa shape index (κ2) is 39.0. The number of rotatable bonds is 35. The Hall–Kier alpha value is -0.810. The third-order valence-corrected chi connectivity index (χ3v) is 9.60. The fourth-order valence-electron chi connectivity index (χ4n) is 6.20. The van der Waals surface area contributed by atoms with Crippen LogP contribution in [0.4, 0.5) is 0 Å². The predicted molar refractivity (Wildman–Crippen MR) is 212 cm³/mol. The Morgan fingerprint density at radius 2 is 0.688 bits per heavy atom. The molecule has 0 aliphatic heterocycles. The van der Waals surface area contributed by atoms with Crippen LogP contribution in [0.15, 0.2) is 0 Å². The maximum absolute atomic E-state index is 12.5. The maximum Gasteiger partial charge on any atom is 0.306 e. The SMILES string of the molecule is CCCCCCCCCCCCCCCCCC(=O)OCC(OC(=O)CCCCCCCCCCCCCCCCC)C(C)(C)C.Cl.N. The lowest BCUT2D eigenvalue weighted by Crippen LogP contribution is -2.36. The summed E-state index contributed by atoms with van der Waals surface area (Å²) in [6.07, 6.45) is 39.9. The van der Waals surface area contributed by atoms with E-state index in [2.05, 4.69) is 13.8 Å². The second-order valence-electron chi connectivity index (χ2n) is 15.4. The summed E-state index contributed by atoms with van der Waals surface area (Å²) in [7, 11) is 0. The summed E-state index contributed by atoms with van der Waals surface area (Å²) < 4.78 is 11.4. The lowest BCUT2D eigenvalue weighted by molar-refractivity contribution is -0.166. The summed E-state index contributed by atoms with van der Waals surface area (Å²) in [4.78, 5) is 24.9. The number of unbranched alkanes of at least 4 members (excludes halogenated alkanes) is 28. The number of hydrogen-bond acceptors (Lipinski definition) is 5. The zero-order valence-corrected chi connectivity index (χ0v) is 34.0. The minimum absolute atomic E-state index is 0. The third-order valence-electron chi connectivity index (χ3n) is 9.60. The van der Waals surface area contributed by atoms with Gasteiger partial charge in [0.25, 0.3) is 0 Å². The Labute approximate surface area is 307 Å². The van der Waals surface area contributed by atoms with Crippen LogP contribution in [0.2, 0.25) is 0 Å². The molecule has 6 heteroatoms. The Bertz CT molecular complexity index is 667. The minimum atomic E-state index is -0.402. The minimum Gasteiger partial charge on any atom is -0.462 e. The average molecular weight is 705 g/mol. The van der Waals surface area contributed by atoms with E-state index in [1.54, 1.807) is 0 Å². The molecule has 0 amide bonds. The molecule has 0 fully saturated rings. The van der Waals surface area contributed by atoms with Crippen molar-refractivity contribution in [2.45, 2.75) is 246 Å². The molecule has 5 nitrogen and oxygen atoms in total. The summed E-state index contributed by atoms with van der Waals surface area (Å²) >= 11 is 0. The first kappa shape index (κ1) is 51.6. The van der Waals surface area contributed by atoms with E-state index >= 15 is 0 Å². The first-order chi connectivity index (χ1) is 22.3. The molecule has 0 bridgehead atoms. The molecule has 0 aliphatic carbocycles. The van der Waals surface area contributed by atoms with Gasteiger partial charge in [-0.05, 0) is 12.8 Å². The Morgan fingerprint density at radius 1 is 0.438 bits per heavy atom. The van der Waals surface area contributed by atoms with Crippen molar-refractivity contribution < 1.29 is 19.1 Å². The van der Waals surface area contributed by atoms with Crippen molar-refractivity contribution in [3.05, 3.63) is 0 Å². The lowest BCUT2D eigenvalue weighted by atomic mass is 9.89. The highest BCUT2D eigenvalue weighted by molar-refractivity contribution is 5.85. The standard InChI is InChI=1S/C42H82O4.ClH.H3N/c1-6-8-10-12-14-16-18-20-22-24-26-28-30-32-34-36-40(43)45-38-39(42(3,4)5)46-41(44)37-35-33-31-29-27-25-23-21-19-17-15-13-11-9-7-2;;/h39H,6-38H2,1-5H3;1H;1H3. The van der Waals surface area contributed by atoms with Crippen molar-refractivity contribution in [3.63, 3.8) is 0 Å². The topological polar surface area (TPSA) is 87.6 Å². The van der Waals surface area contributed by atoms with Crippen LogP contribution in [0.3, 0.4) is 0 Å². The van der Waals surface area contributed by atoms with Crippen molar-refractivity contribution in [1.82, 2.24) is 6.15 Å². The normalized spacial score (nSPS) is 11.9. The second-order valence-corrected chi connectivity index (χ2v) is 15.4. The van der Waals surface area contributed by atoms with Crippen LogP contribution in [-0.2, 0) is 19.1 Å². The summed E-state index contributed by atoms with van der Waals surface area (Å²) in [5, 5.41) is 0. The molecular formula is C42H86ClNO4. The lowest BCUT2D eigenvalue weighted by Gasteiger charge is -2.29. The van der Waals surface area contributed by atoms with E-state index in [4.69, 9.17) is 9.47 Å². The molecule has 3 N–H and O–H groups in total. The van der Waals surface area contributed by atoms with Gasteiger partial charge in [-0.25, -0.2) is 0 Å². The smallest absolute Gasteiger partial charge is 0.306 e. The fraction of sp³-hybridized carbons (Fsp3) is 0.952. The molecule has 0 aliphatic rings. The highest BCUT2D eigenvalue weighted by atomic mass is 35.5. The van der Waals surface area contributed by atoms with E-state index in [1.807, 2.05) is 20.8 Å². The summed E-state index contributed by atoms with van der Waals surface area (Å²) in [6.45, 7) is 10.8. The van der Waals surface area contributed by atoms with Crippen molar-refractivity contribution >= 4 is 24.3 Å². The van der Waals surface area contributed by atoms with E-state index in [0.29, 0.717) is 12.8 Å². The van der Waals surface area contributed by atoms with E-state index in [0.717, 1.165) is 25.7 Å². The molecule has 0 heterocycles. The van der Waals surface area contributed by atoms with Gasteiger partial charge in [0.2, 0.25) is 0 Å². The Kier molecular flexibility index (Phi) is 41.9.